The van der Waals surface area contributed by atoms with Gasteiger partial charge < -0.3 is 15.4 Å². The number of aromatic nitrogens is 1. The zero-order valence-corrected chi connectivity index (χ0v) is 20.2. The normalized spacial score (nSPS) is 14.7. The molecule has 2 aromatic rings. The molecule has 7 nitrogen and oxygen atoms in total. The van der Waals surface area contributed by atoms with Gasteiger partial charge in [0.2, 0.25) is 11.8 Å². The number of carbonyl (C=O) groups is 2. The predicted octanol–water partition coefficient (Wildman–Crippen LogP) is 3.01. The first kappa shape index (κ1) is 25.3. The van der Waals surface area contributed by atoms with Gasteiger partial charge in [-0.15, -0.1) is 0 Å². The van der Waals surface area contributed by atoms with E-state index in [-0.39, 0.29) is 28.8 Å². The molecule has 3 heterocycles. The number of carbonyl (C=O) groups excluding carboxylic acids is 2. The highest BCUT2D eigenvalue weighted by Crippen LogP contribution is 2.33. The number of ether oxygens (including phenoxy) is 1. The van der Waals surface area contributed by atoms with Gasteiger partial charge in [-0.2, -0.15) is 18.2 Å². The van der Waals surface area contributed by atoms with E-state index in [9.17, 15) is 31.5 Å². The summed E-state index contributed by atoms with van der Waals surface area (Å²) in [6.45, 7) is 0.927. The summed E-state index contributed by atoms with van der Waals surface area (Å²) in [5.41, 5.74) is 0.991. The minimum absolute atomic E-state index is 0.0611. The molecule has 2 aliphatic heterocycles. The molecule has 0 aliphatic carbocycles. The maximum absolute atomic E-state index is 12.7. The maximum atomic E-state index is 12.7. The number of Topliss-reactive ketones (excluding diaryl/α,β-unsaturated/α-hetero) is 1. The Morgan fingerprint density at radius 3 is 2.60 bits per heavy atom. The summed E-state index contributed by atoms with van der Waals surface area (Å²) in [7, 11) is 0. The molecule has 1 aromatic heterocycles. The van der Waals surface area contributed by atoms with Crippen LogP contribution in [0.4, 0.5) is 33.5 Å². The summed E-state index contributed by atoms with van der Waals surface area (Å²) >= 11 is 4.30. The van der Waals surface area contributed by atoms with E-state index >= 15 is 0 Å². The summed E-state index contributed by atoms with van der Waals surface area (Å²) in [5.74, 6) is -3.69. The lowest BCUT2D eigenvalue weighted by Crippen LogP contribution is -2.43. The van der Waals surface area contributed by atoms with Crippen LogP contribution in [0.5, 0.6) is 5.88 Å². The fourth-order valence-electron chi connectivity index (χ4n) is 3.80. The Hall–Kier alpha value is -2.75. The van der Waals surface area contributed by atoms with Crippen molar-refractivity contribution in [1.82, 2.24) is 10.3 Å². The molecule has 0 bridgehead atoms. The molecule has 1 aromatic carbocycles. The van der Waals surface area contributed by atoms with E-state index in [4.69, 9.17) is 16.3 Å². The van der Waals surface area contributed by atoms with Gasteiger partial charge in [-0.1, -0.05) is 38.7 Å². The molecule has 2 aliphatic rings. The second-order valence-corrected chi connectivity index (χ2v) is 11.1. The molecule has 1 atom stereocenters. The first-order chi connectivity index (χ1) is 16.4. The van der Waals surface area contributed by atoms with Gasteiger partial charge in [0, 0.05) is 16.9 Å². The van der Waals surface area contributed by atoms with Gasteiger partial charge in [-0.05, 0) is 19.4 Å². The van der Waals surface area contributed by atoms with Crippen LogP contribution in [0.2, 0.25) is 5.02 Å². The standard InChI is InChI=1S/C21H17ClF5N4O3.Al/c1-11(21(25,26)27)19(33)28-8-13-4-3-5-15(18(13)22)29-10-30-17-7-6-14(12(2)32)20(31-17)34-9-16(23)24;/h3-4,6,11,16H,8-9H2,1-2H3,(H,28,33)(H,29,30,31);. The monoisotopic (exact) mass is 530 g/mol. The van der Waals surface area contributed by atoms with E-state index in [0.29, 0.717) is 20.4 Å². The van der Waals surface area contributed by atoms with E-state index < -0.39 is 51.0 Å². The number of hydrogen-bond acceptors (Lipinski definition) is 6. The number of rotatable bonds is 7. The molecule has 2 N–H and O–H groups in total. The molecule has 1 unspecified atom stereocenters. The molecular weight excluding hydrogens is 514 g/mol. The number of nitrogens with one attached hydrogen (secondary N) is 2. The largest absolute Gasteiger partial charge is 0.471 e. The zero-order valence-electron chi connectivity index (χ0n) is 18.3. The summed E-state index contributed by atoms with van der Waals surface area (Å²) < 4.78 is 70.5. The van der Waals surface area contributed by atoms with Gasteiger partial charge in [0.15, 0.2) is 12.4 Å². The Morgan fingerprint density at radius 1 is 1.26 bits per heavy atom. The van der Waals surface area contributed by atoms with Crippen LogP contribution in [-0.4, -0.2) is 54.7 Å². The quantitative estimate of drug-likeness (QED) is 0.326. The van der Waals surface area contributed by atoms with Crippen molar-refractivity contribution in [3.63, 3.8) is 0 Å². The van der Waals surface area contributed by atoms with Gasteiger partial charge in [-0.3, -0.25) is 9.59 Å². The first-order valence-corrected chi connectivity index (χ1v) is 12.5. The Morgan fingerprint density at radius 2 is 1.97 bits per heavy atom. The van der Waals surface area contributed by atoms with E-state index in [1.807, 2.05) is 0 Å². The molecule has 1 amide bonds. The SMILES string of the molecule is CC(=O)c1c[c]2c(nc1OCC(F)F)N=[C]1Nc3[c](ccc(CNC(=O)C(C)C(F)(F)F)c3Cl)[Al]12. The van der Waals surface area contributed by atoms with E-state index in [0.717, 1.165) is 11.3 Å². The molecule has 35 heavy (non-hydrogen) atoms. The number of alkyl halides is 5. The second kappa shape index (κ2) is 9.37. The van der Waals surface area contributed by atoms with Crippen molar-refractivity contribution in [2.75, 3.05) is 11.9 Å². The third-order valence-corrected chi connectivity index (χ3v) is 9.09. The molecule has 0 spiro atoms. The Balaban J connectivity index is 1.60. The van der Waals surface area contributed by atoms with Crippen molar-refractivity contribution < 1.29 is 36.3 Å². The minimum atomic E-state index is -4.65. The fraction of sp³-hybridized carbons (Fsp3) is 0.333. The fourth-order valence-corrected chi connectivity index (χ4v) is 7.16. The lowest BCUT2D eigenvalue weighted by molar-refractivity contribution is -0.178. The highest BCUT2D eigenvalue weighted by molar-refractivity contribution is 7.14. The van der Waals surface area contributed by atoms with Crippen LogP contribution in [0.3, 0.4) is 0 Å². The van der Waals surface area contributed by atoms with Gasteiger partial charge in [0.1, 0.15) is 11.7 Å². The van der Waals surface area contributed by atoms with E-state index in [1.165, 1.54) is 6.92 Å². The van der Waals surface area contributed by atoms with Gasteiger partial charge >= 0.3 is 20.3 Å². The van der Waals surface area contributed by atoms with Crippen molar-refractivity contribution >= 4 is 62.5 Å². The molecular formula is C21H17AlClF5N4O3. The third-order valence-electron chi connectivity index (χ3n) is 5.69. The smallest absolute Gasteiger partial charge is 0.446 e. The van der Waals surface area contributed by atoms with Crippen LogP contribution in [0, 0.1) is 5.92 Å². The average molecular weight is 531 g/mol. The number of aliphatic imine (C=N–C) groups is 1. The number of ketones is 1. The van der Waals surface area contributed by atoms with Gasteiger partial charge in [0.05, 0.1) is 10.6 Å². The number of pyridine rings is 1. The Kier molecular flexibility index (Phi) is 6.79. The Labute approximate surface area is 205 Å². The number of amidine groups is 1. The predicted molar refractivity (Wildman–Crippen MR) is 120 cm³/mol. The molecule has 14 heteroatoms. The third kappa shape index (κ3) is 4.85. The molecule has 0 fully saturated rings. The highest BCUT2D eigenvalue weighted by Gasteiger charge is 2.45. The zero-order chi connectivity index (χ0) is 25.7. The minimum Gasteiger partial charge on any atom is -0.471 e. The van der Waals surface area contributed by atoms with Crippen LogP contribution in [0.1, 0.15) is 29.8 Å². The summed E-state index contributed by atoms with van der Waals surface area (Å²) in [5, 5.41) is 5.58. The number of hydrogen-bond donors (Lipinski definition) is 2. The maximum Gasteiger partial charge on any atom is 0.446 e. The second-order valence-electron chi connectivity index (χ2n) is 8.05. The number of benzene rings is 1. The van der Waals surface area contributed by atoms with Gasteiger partial charge in [0.25, 0.3) is 6.43 Å². The lowest BCUT2D eigenvalue weighted by atomic mass is 10.1. The number of amides is 1. The van der Waals surface area contributed by atoms with E-state index in [1.54, 1.807) is 18.2 Å². The summed E-state index contributed by atoms with van der Waals surface area (Å²) in [6.07, 6.45) is -7.39. The van der Waals surface area contributed by atoms with Crippen LogP contribution < -0.4 is 24.2 Å². The summed E-state index contributed by atoms with van der Waals surface area (Å²) in [4.78, 5) is 32.5. The van der Waals surface area contributed by atoms with E-state index in [2.05, 4.69) is 20.6 Å². The number of nitrogens with zero attached hydrogens (tertiary/aromatic N) is 2. The average Bonchev–Trinajstić information content (AvgIpc) is 3.31. The van der Waals surface area contributed by atoms with Crippen molar-refractivity contribution in [3.05, 3.63) is 34.3 Å². The van der Waals surface area contributed by atoms with Gasteiger partial charge in [-0.25, -0.2) is 13.8 Å². The highest BCUT2D eigenvalue weighted by atomic mass is 35.5. The molecule has 0 radical (unpaired) electrons. The number of anilines is 1. The van der Waals surface area contributed by atoms with Crippen molar-refractivity contribution in [2.24, 2.45) is 10.9 Å². The first-order valence-electron chi connectivity index (χ1n) is 10.4. The summed E-state index contributed by atoms with van der Waals surface area (Å²) in [6, 6.07) is 4.90. The van der Waals surface area contributed by atoms with Crippen LogP contribution in [0.25, 0.3) is 0 Å². The molecule has 0 saturated heterocycles. The van der Waals surface area contributed by atoms with Crippen molar-refractivity contribution in [1.29, 1.82) is 0 Å². The lowest BCUT2D eigenvalue weighted by Gasteiger charge is -2.16. The molecule has 4 rings (SSSR count). The van der Waals surface area contributed by atoms with Crippen LogP contribution >= 0.6 is 11.6 Å². The van der Waals surface area contributed by atoms with Crippen LogP contribution in [-0.2, 0) is 11.3 Å². The number of fused-ring (bicyclic) bond motifs is 5. The topological polar surface area (TPSA) is 92.7 Å². The molecule has 184 valence electrons. The Bertz CT molecular complexity index is 1250. The van der Waals surface area contributed by atoms with Crippen molar-refractivity contribution in [2.45, 2.75) is 33.0 Å². The molecule has 0 saturated carbocycles. The van der Waals surface area contributed by atoms with Crippen LogP contribution in [0.15, 0.2) is 23.2 Å². The van der Waals surface area contributed by atoms with Crippen molar-refractivity contribution in [3.8, 4) is 5.88 Å². The number of halogens is 6.